The molecule has 1 fully saturated rings. The van der Waals surface area contributed by atoms with Crippen molar-refractivity contribution in [2.45, 2.75) is 53.4 Å². The monoisotopic (exact) mass is 424 g/mol. The highest BCUT2D eigenvalue weighted by molar-refractivity contribution is 14.0. The molecule has 1 rings (SSSR count). The first-order chi connectivity index (χ1) is 10.2. The number of nitrogens with zero attached hydrogens (tertiary/aromatic N) is 2. The van der Waals surface area contributed by atoms with E-state index in [0.717, 1.165) is 31.5 Å². The van der Waals surface area contributed by atoms with Crippen LogP contribution in [0.5, 0.6) is 0 Å². The van der Waals surface area contributed by atoms with Gasteiger partial charge in [0.05, 0.1) is 0 Å². The standard InChI is InChI=1S/C17H36N4.HI/c1-5-10-21-11-9-16(14-21)13-20-17(18-8-4)19-12-15(6-2)7-3;/h15-16H,5-14H2,1-4H3,(H2,18,19,20);1H. The maximum atomic E-state index is 4.75. The number of aliphatic imine (C=N–C) groups is 1. The number of halogens is 1. The molecule has 1 atom stereocenters. The normalized spacial score (nSPS) is 19.3. The van der Waals surface area contributed by atoms with Crippen LogP contribution in [0.3, 0.4) is 0 Å². The highest BCUT2D eigenvalue weighted by Crippen LogP contribution is 2.15. The zero-order valence-corrected chi connectivity index (χ0v) is 17.4. The Morgan fingerprint density at radius 1 is 1.18 bits per heavy atom. The maximum Gasteiger partial charge on any atom is 0.191 e. The van der Waals surface area contributed by atoms with E-state index in [1.165, 1.54) is 45.3 Å². The van der Waals surface area contributed by atoms with Gasteiger partial charge in [0.1, 0.15) is 0 Å². The molecule has 0 aliphatic carbocycles. The molecule has 132 valence electrons. The Morgan fingerprint density at radius 2 is 1.91 bits per heavy atom. The summed E-state index contributed by atoms with van der Waals surface area (Å²) >= 11 is 0. The summed E-state index contributed by atoms with van der Waals surface area (Å²) in [5.41, 5.74) is 0. The maximum absolute atomic E-state index is 4.75. The third-order valence-electron chi connectivity index (χ3n) is 4.47. The lowest BCUT2D eigenvalue weighted by Crippen LogP contribution is -2.40. The summed E-state index contributed by atoms with van der Waals surface area (Å²) in [6.07, 6.45) is 5.01. The molecule has 1 aliphatic heterocycles. The number of hydrogen-bond donors (Lipinski definition) is 2. The molecule has 1 saturated heterocycles. The summed E-state index contributed by atoms with van der Waals surface area (Å²) in [7, 11) is 0. The second-order valence-electron chi connectivity index (χ2n) is 6.24. The number of likely N-dealkylation sites (tertiary alicyclic amines) is 1. The van der Waals surface area contributed by atoms with Crippen LogP contribution in [0.4, 0.5) is 0 Å². The van der Waals surface area contributed by atoms with Crippen LogP contribution in [-0.4, -0.2) is 50.1 Å². The van der Waals surface area contributed by atoms with Crippen molar-refractivity contribution < 1.29 is 0 Å². The van der Waals surface area contributed by atoms with Gasteiger partial charge in [-0.1, -0.05) is 33.6 Å². The largest absolute Gasteiger partial charge is 0.357 e. The molecule has 0 radical (unpaired) electrons. The van der Waals surface area contributed by atoms with Gasteiger partial charge < -0.3 is 15.5 Å². The van der Waals surface area contributed by atoms with Crippen LogP contribution in [0.25, 0.3) is 0 Å². The van der Waals surface area contributed by atoms with E-state index in [1.807, 2.05) is 0 Å². The zero-order valence-electron chi connectivity index (χ0n) is 15.0. The third-order valence-corrected chi connectivity index (χ3v) is 4.47. The van der Waals surface area contributed by atoms with Crippen LogP contribution in [-0.2, 0) is 0 Å². The quantitative estimate of drug-likeness (QED) is 0.339. The lowest BCUT2D eigenvalue weighted by Gasteiger charge is -2.17. The van der Waals surface area contributed by atoms with Gasteiger partial charge in [-0.2, -0.15) is 0 Å². The average Bonchev–Trinajstić information content (AvgIpc) is 2.93. The molecule has 5 heteroatoms. The van der Waals surface area contributed by atoms with Gasteiger partial charge in [0.25, 0.3) is 0 Å². The first-order valence-electron chi connectivity index (χ1n) is 8.97. The molecule has 2 N–H and O–H groups in total. The highest BCUT2D eigenvalue weighted by atomic mass is 127. The predicted molar refractivity (Wildman–Crippen MR) is 108 cm³/mol. The van der Waals surface area contributed by atoms with Crippen molar-refractivity contribution in [1.29, 1.82) is 0 Å². The number of guanidine groups is 1. The fourth-order valence-electron chi connectivity index (χ4n) is 2.95. The van der Waals surface area contributed by atoms with Crippen LogP contribution in [0.1, 0.15) is 53.4 Å². The van der Waals surface area contributed by atoms with Crippen LogP contribution < -0.4 is 10.6 Å². The molecule has 0 saturated carbocycles. The zero-order chi connectivity index (χ0) is 15.5. The molecule has 1 unspecified atom stereocenters. The van der Waals surface area contributed by atoms with E-state index in [-0.39, 0.29) is 24.0 Å². The van der Waals surface area contributed by atoms with E-state index < -0.39 is 0 Å². The number of rotatable bonds is 9. The number of nitrogens with one attached hydrogen (secondary N) is 2. The van der Waals surface area contributed by atoms with Gasteiger partial charge >= 0.3 is 0 Å². The van der Waals surface area contributed by atoms with Crippen LogP contribution in [0.2, 0.25) is 0 Å². The highest BCUT2D eigenvalue weighted by Gasteiger charge is 2.21. The minimum absolute atomic E-state index is 0. The first-order valence-corrected chi connectivity index (χ1v) is 8.97. The van der Waals surface area contributed by atoms with Crippen LogP contribution >= 0.6 is 24.0 Å². The van der Waals surface area contributed by atoms with Crippen molar-refractivity contribution in [3.63, 3.8) is 0 Å². The Morgan fingerprint density at radius 3 is 2.50 bits per heavy atom. The van der Waals surface area contributed by atoms with E-state index in [4.69, 9.17) is 4.99 Å². The van der Waals surface area contributed by atoms with Crippen molar-refractivity contribution in [3.8, 4) is 0 Å². The Bertz CT molecular complexity index is 292. The molecular formula is C17H37IN4. The Hall–Kier alpha value is -0.0400. The van der Waals surface area contributed by atoms with E-state index in [2.05, 4.69) is 43.2 Å². The second kappa shape index (κ2) is 13.4. The topological polar surface area (TPSA) is 39.7 Å². The summed E-state index contributed by atoms with van der Waals surface area (Å²) in [6, 6.07) is 0. The predicted octanol–water partition coefficient (Wildman–Crippen LogP) is 3.33. The first kappa shape index (κ1) is 22.0. The Labute approximate surface area is 154 Å². The van der Waals surface area contributed by atoms with Gasteiger partial charge in [-0.05, 0) is 44.7 Å². The van der Waals surface area contributed by atoms with Gasteiger partial charge in [-0.15, -0.1) is 24.0 Å². The van der Waals surface area contributed by atoms with Crippen molar-refractivity contribution in [2.75, 3.05) is 39.3 Å². The van der Waals surface area contributed by atoms with Crippen molar-refractivity contribution in [3.05, 3.63) is 0 Å². The summed E-state index contributed by atoms with van der Waals surface area (Å²) in [5, 5.41) is 6.91. The minimum atomic E-state index is 0. The summed E-state index contributed by atoms with van der Waals surface area (Å²) in [4.78, 5) is 7.34. The third kappa shape index (κ3) is 8.56. The molecule has 0 amide bonds. The van der Waals surface area contributed by atoms with Crippen LogP contribution in [0, 0.1) is 11.8 Å². The lowest BCUT2D eigenvalue weighted by molar-refractivity contribution is 0.324. The SMILES string of the molecule is CCCN1CCC(CNC(=NCC(CC)CC)NCC)C1.I. The average molecular weight is 424 g/mol. The fourth-order valence-corrected chi connectivity index (χ4v) is 2.95. The summed E-state index contributed by atoms with van der Waals surface area (Å²) < 4.78 is 0. The molecule has 0 aromatic carbocycles. The molecule has 1 heterocycles. The van der Waals surface area contributed by atoms with Gasteiger partial charge in [0.2, 0.25) is 0 Å². The lowest BCUT2D eigenvalue weighted by atomic mass is 10.0. The molecule has 0 aromatic heterocycles. The van der Waals surface area contributed by atoms with Crippen molar-refractivity contribution in [2.24, 2.45) is 16.8 Å². The molecule has 0 bridgehead atoms. The van der Waals surface area contributed by atoms with Gasteiger partial charge in [0, 0.05) is 26.2 Å². The number of hydrogen-bond acceptors (Lipinski definition) is 2. The summed E-state index contributed by atoms with van der Waals surface area (Å²) in [5.74, 6) is 2.49. The van der Waals surface area contributed by atoms with E-state index >= 15 is 0 Å². The fraction of sp³-hybridized carbons (Fsp3) is 0.941. The smallest absolute Gasteiger partial charge is 0.191 e. The molecule has 1 aliphatic rings. The van der Waals surface area contributed by atoms with E-state index in [9.17, 15) is 0 Å². The molecule has 0 aromatic rings. The molecule has 4 nitrogen and oxygen atoms in total. The van der Waals surface area contributed by atoms with Crippen molar-refractivity contribution >= 4 is 29.9 Å². The minimum Gasteiger partial charge on any atom is -0.357 e. The van der Waals surface area contributed by atoms with E-state index in [0.29, 0.717) is 5.92 Å². The molecule has 22 heavy (non-hydrogen) atoms. The second-order valence-corrected chi connectivity index (χ2v) is 6.24. The van der Waals surface area contributed by atoms with Gasteiger partial charge in [-0.25, -0.2) is 0 Å². The summed E-state index contributed by atoms with van der Waals surface area (Å²) in [6.45, 7) is 15.6. The van der Waals surface area contributed by atoms with E-state index in [1.54, 1.807) is 0 Å². The van der Waals surface area contributed by atoms with Crippen molar-refractivity contribution in [1.82, 2.24) is 15.5 Å². The molecule has 0 spiro atoms. The Kier molecular flexibility index (Phi) is 13.4. The van der Waals surface area contributed by atoms with Gasteiger partial charge in [-0.3, -0.25) is 4.99 Å². The Balaban J connectivity index is 0.00000441. The van der Waals surface area contributed by atoms with Crippen LogP contribution in [0.15, 0.2) is 4.99 Å². The van der Waals surface area contributed by atoms with Gasteiger partial charge in [0.15, 0.2) is 5.96 Å². The molecular weight excluding hydrogens is 387 g/mol.